The van der Waals surface area contributed by atoms with Crippen LogP contribution in [0.2, 0.25) is 0 Å². The Balaban J connectivity index is 2.04. The number of carboxylic acid groups (broad SMARTS) is 1. The molecule has 124 valence electrons. The van der Waals surface area contributed by atoms with Crippen LogP contribution < -0.4 is 4.74 Å². The standard InChI is InChI=1S/C20H20O4/c1-14-6-8-17(12-15(14)2)19(21)9-7-16-4-3-5-18(13-16)24-11-10-20(22)23/h3-9,12-13H,10-11H2,1-2H3,(H,22,23)/b9-7+. The number of carboxylic acids is 1. The molecule has 0 aliphatic heterocycles. The van der Waals surface area contributed by atoms with Gasteiger partial charge in [-0.15, -0.1) is 0 Å². The monoisotopic (exact) mass is 324 g/mol. The summed E-state index contributed by atoms with van der Waals surface area (Å²) in [7, 11) is 0. The molecule has 0 saturated carbocycles. The van der Waals surface area contributed by atoms with Crippen molar-refractivity contribution in [3.8, 4) is 5.75 Å². The first-order valence-electron chi connectivity index (χ1n) is 7.70. The Morgan fingerprint density at radius 2 is 1.88 bits per heavy atom. The number of carbonyl (C=O) groups is 2. The minimum atomic E-state index is -0.898. The van der Waals surface area contributed by atoms with E-state index in [2.05, 4.69) is 0 Å². The molecule has 2 aromatic rings. The van der Waals surface area contributed by atoms with Gasteiger partial charge < -0.3 is 9.84 Å². The molecule has 1 N–H and O–H groups in total. The summed E-state index contributed by atoms with van der Waals surface area (Å²) in [6, 6.07) is 12.8. The molecule has 0 atom stereocenters. The molecule has 0 radical (unpaired) electrons. The zero-order valence-electron chi connectivity index (χ0n) is 13.8. The van der Waals surface area contributed by atoms with Crippen LogP contribution in [0.15, 0.2) is 48.5 Å². The number of aliphatic carboxylic acids is 1. The maximum Gasteiger partial charge on any atom is 0.306 e. The van der Waals surface area contributed by atoms with E-state index in [1.165, 1.54) is 6.08 Å². The van der Waals surface area contributed by atoms with Crippen LogP contribution in [0.1, 0.15) is 33.5 Å². The van der Waals surface area contributed by atoms with Crippen molar-refractivity contribution in [1.82, 2.24) is 0 Å². The average Bonchev–Trinajstić information content (AvgIpc) is 2.55. The molecule has 24 heavy (non-hydrogen) atoms. The Morgan fingerprint density at radius 1 is 1.08 bits per heavy atom. The van der Waals surface area contributed by atoms with Crippen molar-refractivity contribution in [3.05, 3.63) is 70.8 Å². The number of allylic oxidation sites excluding steroid dienone is 1. The largest absolute Gasteiger partial charge is 0.493 e. The van der Waals surface area contributed by atoms with Crippen molar-refractivity contribution in [1.29, 1.82) is 0 Å². The van der Waals surface area contributed by atoms with Gasteiger partial charge in [0.05, 0.1) is 13.0 Å². The number of hydrogen-bond donors (Lipinski definition) is 1. The van der Waals surface area contributed by atoms with Crippen molar-refractivity contribution >= 4 is 17.8 Å². The number of benzene rings is 2. The Hall–Kier alpha value is -2.88. The molecule has 0 heterocycles. The lowest BCUT2D eigenvalue weighted by Crippen LogP contribution is -2.04. The van der Waals surface area contributed by atoms with E-state index in [1.54, 1.807) is 24.3 Å². The Labute approximate surface area is 141 Å². The molecule has 0 amide bonds. The Bertz CT molecular complexity index is 775. The minimum absolute atomic E-state index is 0.0503. The fourth-order valence-corrected chi connectivity index (χ4v) is 2.13. The molecule has 0 aliphatic rings. The van der Waals surface area contributed by atoms with Crippen LogP contribution >= 0.6 is 0 Å². The van der Waals surface area contributed by atoms with Gasteiger partial charge in [0.1, 0.15) is 5.75 Å². The second-order valence-electron chi connectivity index (χ2n) is 5.56. The zero-order valence-corrected chi connectivity index (χ0v) is 13.8. The number of carbonyl (C=O) groups excluding carboxylic acids is 1. The maximum absolute atomic E-state index is 12.2. The van der Waals surface area contributed by atoms with Crippen molar-refractivity contribution < 1.29 is 19.4 Å². The molecule has 0 saturated heterocycles. The first-order valence-corrected chi connectivity index (χ1v) is 7.70. The van der Waals surface area contributed by atoms with E-state index in [-0.39, 0.29) is 18.8 Å². The quantitative estimate of drug-likeness (QED) is 0.616. The zero-order chi connectivity index (χ0) is 17.5. The highest BCUT2D eigenvalue weighted by molar-refractivity contribution is 6.06. The SMILES string of the molecule is Cc1ccc(C(=O)/C=C/c2cccc(OCCC(=O)O)c2)cc1C. The predicted molar refractivity (Wildman–Crippen MR) is 93.5 cm³/mol. The first-order chi connectivity index (χ1) is 11.5. The summed E-state index contributed by atoms with van der Waals surface area (Å²) in [6.45, 7) is 4.10. The highest BCUT2D eigenvalue weighted by atomic mass is 16.5. The van der Waals surface area contributed by atoms with E-state index < -0.39 is 5.97 Å². The highest BCUT2D eigenvalue weighted by Gasteiger charge is 2.04. The lowest BCUT2D eigenvalue weighted by Gasteiger charge is -2.05. The first kappa shape index (κ1) is 17.5. The van der Waals surface area contributed by atoms with Crippen molar-refractivity contribution in [2.45, 2.75) is 20.3 Å². The fourth-order valence-electron chi connectivity index (χ4n) is 2.13. The molecule has 2 aromatic carbocycles. The third-order valence-corrected chi connectivity index (χ3v) is 3.66. The molecule has 0 bridgehead atoms. The summed E-state index contributed by atoms with van der Waals surface area (Å²) in [5, 5.41) is 8.61. The highest BCUT2D eigenvalue weighted by Crippen LogP contribution is 2.16. The van der Waals surface area contributed by atoms with E-state index in [0.717, 1.165) is 16.7 Å². The van der Waals surface area contributed by atoms with Gasteiger partial charge >= 0.3 is 5.97 Å². The summed E-state index contributed by atoms with van der Waals surface area (Å²) in [6.07, 6.45) is 3.20. The fraction of sp³-hybridized carbons (Fsp3) is 0.200. The topological polar surface area (TPSA) is 63.6 Å². The van der Waals surface area contributed by atoms with Crippen molar-refractivity contribution in [2.75, 3.05) is 6.61 Å². The third-order valence-electron chi connectivity index (χ3n) is 3.66. The van der Waals surface area contributed by atoms with Gasteiger partial charge in [-0.3, -0.25) is 9.59 Å². The molecule has 0 fully saturated rings. The van der Waals surface area contributed by atoms with Crippen LogP contribution in [0.4, 0.5) is 0 Å². The van der Waals surface area contributed by atoms with Crippen LogP contribution in [0.3, 0.4) is 0 Å². The lowest BCUT2D eigenvalue weighted by atomic mass is 10.0. The van der Waals surface area contributed by atoms with Gasteiger partial charge in [-0.2, -0.15) is 0 Å². The van der Waals surface area contributed by atoms with Gasteiger partial charge in [0.2, 0.25) is 0 Å². The van der Waals surface area contributed by atoms with Gasteiger partial charge in [-0.1, -0.05) is 30.3 Å². The molecule has 0 aromatic heterocycles. The molecular formula is C20H20O4. The van der Waals surface area contributed by atoms with Gasteiger partial charge in [-0.25, -0.2) is 0 Å². The van der Waals surface area contributed by atoms with Gasteiger partial charge in [0.25, 0.3) is 0 Å². The van der Waals surface area contributed by atoms with E-state index in [1.807, 2.05) is 38.1 Å². The number of ketones is 1. The summed E-state index contributed by atoms with van der Waals surface area (Å²) in [5.74, 6) is -0.377. The van der Waals surface area contributed by atoms with Crippen LogP contribution in [-0.4, -0.2) is 23.5 Å². The normalized spacial score (nSPS) is 10.8. The van der Waals surface area contributed by atoms with Gasteiger partial charge in [-0.05, 0) is 54.8 Å². The molecule has 0 aliphatic carbocycles. The third kappa shape index (κ3) is 5.09. The molecule has 4 nitrogen and oxygen atoms in total. The number of rotatable bonds is 7. The van der Waals surface area contributed by atoms with E-state index in [9.17, 15) is 9.59 Å². The van der Waals surface area contributed by atoms with Crippen molar-refractivity contribution in [2.24, 2.45) is 0 Å². The molecule has 4 heteroatoms. The number of aryl methyl sites for hydroxylation is 2. The molecule has 2 rings (SSSR count). The van der Waals surface area contributed by atoms with Gasteiger partial charge in [0, 0.05) is 5.56 Å². The van der Waals surface area contributed by atoms with Crippen molar-refractivity contribution in [3.63, 3.8) is 0 Å². The lowest BCUT2D eigenvalue weighted by molar-refractivity contribution is -0.137. The van der Waals surface area contributed by atoms with Crippen LogP contribution in [-0.2, 0) is 4.79 Å². The minimum Gasteiger partial charge on any atom is -0.493 e. The molecular weight excluding hydrogens is 304 g/mol. The Kier molecular flexibility index (Phi) is 5.90. The van der Waals surface area contributed by atoms with Crippen LogP contribution in [0.5, 0.6) is 5.75 Å². The average molecular weight is 324 g/mol. The number of hydrogen-bond acceptors (Lipinski definition) is 3. The smallest absolute Gasteiger partial charge is 0.306 e. The van der Waals surface area contributed by atoms with Crippen LogP contribution in [0.25, 0.3) is 6.08 Å². The van der Waals surface area contributed by atoms with E-state index >= 15 is 0 Å². The predicted octanol–water partition coefficient (Wildman–Crippen LogP) is 4.05. The Morgan fingerprint density at radius 3 is 2.58 bits per heavy atom. The second-order valence-corrected chi connectivity index (χ2v) is 5.56. The maximum atomic E-state index is 12.2. The summed E-state index contributed by atoms with van der Waals surface area (Å²) in [4.78, 5) is 22.7. The van der Waals surface area contributed by atoms with E-state index in [4.69, 9.17) is 9.84 Å². The molecule has 0 spiro atoms. The second kappa shape index (κ2) is 8.11. The molecule has 0 unspecified atom stereocenters. The summed E-state index contributed by atoms with van der Waals surface area (Å²) in [5.41, 5.74) is 3.72. The van der Waals surface area contributed by atoms with Gasteiger partial charge in [0.15, 0.2) is 5.78 Å². The summed E-state index contributed by atoms with van der Waals surface area (Å²) < 4.78 is 5.38. The van der Waals surface area contributed by atoms with Crippen LogP contribution in [0, 0.1) is 13.8 Å². The summed E-state index contributed by atoms with van der Waals surface area (Å²) >= 11 is 0. The van der Waals surface area contributed by atoms with E-state index in [0.29, 0.717) is 11.3 Å². The number of ether oxygens (including phenoxy) is 1.